The summed E-state index contributed by atoms with van der Waals surface area (Å²) in [6.07, 6.45) is 5.62. The molecule has 1 aromatic carbocycles. The lowest BCUT2D eigenvalue weighted by Crippen LogP contribution is -2.44. The minimum atomic E-state index is -1.57. The van der Waals surface area contributed by atoms with E-state index in [0.29, 0.717) is 18.5 Å². The maximum atomic E-state index is 14.8. The zero-order valence-electron chi connectivity index (χ0n) is 11.1. The van der Waals surface area contributed by atoms with Gasteiger partial charge in [0.1, 0.15) is 5.67 Å². The van der Waals surface area contributed by atoms with Crippen molar-refractivity contribution >= 4 is 10.9 Å². The van der Waals surface area contributed by atoms with Gasteiger partial charge < -0.3 is 16.5 Å². The Morgan fingerprint density at radius 2 is 2.10 bits per heavy atom. The number of benzene rings is 1. The van der Waals surface area contributed by atoms with Crippen LogP contribution >= 0.6 is 0 Å². The van der Waals surface area contributed by atoms with Crippen molar-refractivity contribution in [3.63, 3.8) is 0 Å². The van der Waals surface area contributed by atoms with E-state index < -0.39 is 11.7 Å². The molecule has 1 aliphatic rings. The number of allylic oxidation sites excluding steroid dienone is 1. The van der Waals surface area contributed by atoms with Crippen molar-refractivity contribution in [2.75, 3.05) is 0 Å². The predicted molar refractivity (Wildman–Crippen MR) is 79.8 cm³/mol. The summed E-state index contributed by atoms with van der Waals surface area (Å²) in [6.45, 7) is 0. The average molecular weight is 271 g/mol. The zero-order valence-corrected chi connectivity index (χ0v) is 11.1. The lowest BCUT2D eigenvalue weighted by atomic mass is 9.86. The van der Waals surface area contributed by atoms with Gasteiger partial charge in [0.15, 0.2) is 0 Å². The Morgan fingerprint density at radius 1 is 1.30 bits per heavy atom. The molecule has 0 amide bonds. The number of halogens is 1. The van der Waals surface area contributed by atoms with Gasteiger partial charge in [-0.15, -0.1) is 0 Å². The van der Waals surface area contributed by atoms with E-state index in [1.807, 2.05) is 24.3 Å². The molecular weight excluding hydrogens is 253 g/mol. The number of hydrogen-bond acceptors (Lipinski definition) is 2. The van der Waals surface area contributed by atoms with Crippen LogP contribution in [-0.2, 0) is 6.42 Å². The highest BCUT2D eigenvalue weighted by molar-refractivity contribution is 5.80. The molecule has 0 fully saturated rings. The minimum Gasteiger partial charge on any atom is -0.399 e. The maximum absolute atomic E-state index is 14.8. The monoisotopic (exact) mass is 271 g/mol. The number of alkyl halides is 1. The summed E-state index contributed by atoms with van der Waals surface area (Å²) in [6, 6.07) is 9.42. The number of aryl methyl sites for hydroxylation is 1. The Balaban J connectivity index is 1.77. The summed E-state index contributed by atoms with van der Waals surface area (Å²) in [5.41, 5.74) is 12.5. The highest BCUT2D eigenvalue weighted by Crippen LogP contribution is 2.29. The molecule has 0 spiro atoms. The second kappa shape index (κ2) is 4.80. The first-order valence-corrected chi connectivity index (χ1v) is 6.74. The Hall–Kier alpha value is -2.07. The second-order valence-corrected chi connectivity index (χ2v) is 5.34. The standard InChI is InChI=1S/C16H18FN3/c17-16(10-12(18)5-6-15(16)19)8-7-13-9-11-3-1-2-4-14(11)20-13/h1-6,9-10,15,20H,7-8,18-19H2. The summed E-state index contributed by atoms with van der Waals surface area (Å²) in [5, 5.41) is 1.14. The molecule has 1 aliphatic carbocycles. The number of rotatable bonds is 3. The molecule has 5 N–H and O–H groups in total. The van der Waals surface area contributed by atoms with Crippen molar-refractivity contribution in [1.82, 2.24) is 4.98 Å². The van der Waals surface area contributed by atoms with Crippen molar-refractivity contribution in [2.45, 2.75) is 24.6 Å². The van der Waals surface area contributed by atoms with E-state index in [0.717, 1.165) is 16.6 Å². The number of para-hydroxylation sites is 1. The molecule has 1 heterocycles. The van der Waals surface area contributed by atoms with Crippen LogP contribution in [0.2, 0.25) is 0 Å². The van der Waals surface area contributed by atoms with Crippen molar-refractivity contribution in [3.8, 4) is 0 Å². The molecule has 1 aromatic heterocycles. The third kappa shape index (κ3) is 2.34. The van der Waals surface area contributed by atoms with E-state index >= 15 is 0 Å². The lowest BCUT2D eigenvalue weighted by molar-refractivity contribution is 0.189. The molecule has 2 unspecified atom stereocenters. The van der Waals surface area contributed by atoms with Crippen LogP contribution in [0.15, 0.2) is 54.3 Å². The Labute approximate surface area is 117 Å². The predicted octanol–water partition coefficient (Wildman–Crippen LogP) is 2.55. The van der Waals surface area contributed by atoms with Gasteiger partial charge in [-0.2, -0.15) is 0 Å². The smallest absolute Gasteiger partial charge is 0.150 e. The highest BCUT2D eigenvalue weighted by atomic mass is 19.1. The summed E-state index contributed by atoms with van der Waals surface area (Å²) < 4.78 is 14.8. The van der Waals surface area contributed by atoms with Gasteiger partial charge in [-0.1, -0.05) is 24.3 Å². The van der Waals surface area contributed by atoms with Crippen LogP contribution in [0, 0.1) is 0 Å². The van der Waals surface area contributed by atoms with E-state index in [1.165, 1.54) is 6.08 Å². The molecule has 0 radical (unpaired) electrons. The van der Waals surface area contributed by atoms with Gasteiger partial charge >= 0.3 is 0 Å². The fraction of sp³-hybridized carbons (Fsp3) is 0.250. The molecule has 0 saturated carbocycles. The number of hydrogen-bond donors (Lipinski definition) is 3. The highest BCUT2D eigenvalue weighted by Gasteiger charge is 2.35. The molecular formula is C16H18FN3. The molecule has 3 rings (SSSR count). The molecule has 0 saturated heterocycles. The van der Waals surface area contributed by atoms with Crippen molar-refractivity contribution in [1.29, 1.82) is 0 Å². The molecule has 20 heavy (non-hydrogen) atoms. The molecule has 4 heteroatoms. The first-order chi connectivity index (χ1) is 9.57. The largest absolute Gasteiger partial charge is 0.399 e. The molecule has 0 aliphatic heterocycles. The average Bonchev–Trinajstić information content (AvgIpc) is 2.84. The zero-order chi connectivity index (χ0) is 14.2. The van der Waals surface area contributed by atoms with E-state index in [9.17, 15) is 4.39 Å². The summed E-state index contributed by atoms with van der Waals surface area (Å²) in [4.78, 5) is 3.30. The van der Waals surface area contributed by atoms with Crippen LogP contribution < -0.4 is 11.5 Å². The first kappa shape index (κ1) is 12.9. The summed E-state index contributed by atoms with van der Waals surface area (Å²) >= 11 is 0. The SMILES string of the molecule is NC1=CC(F)(CCc2cc3ccccc3[nH]2)C(N)C=C1. The first-order valence-electron chi connectivity index (χ1n) is 6.74. The van der Waals surface area contributed by atoms with E-state index in [4.69, 9.17) is 11.5 Å². The molecule has 2 aromatic rings. The van der Waals surface area contributed by atoms with Crippen LogP contribution in [0.3, 0.4) is 0 Å². The van der Waals surface area contributed by atoms with Crippen LogP contribution in [0.4, 0.5) is 4.39 Å². The van der Waals surface area contributed by atoms with Gasteiger partial charge in [0.25, 0.3) is 0 Å². The van der Waals surface area contributed by atoms with Crippen molar-refractivity contribution in [3.05, 3.63) is 60.0 Å². The van der Waals surface area contributed by atoms with Crippen LogP contribution in [-0.4, -0.2) is 16.7 Å². The van der Waals surface area contributed by atoms with Crippen LogP contribution in [0.25, 0.3) is 10.9 Å². The van der Waals surface area contributed by atoms with Crippen LogP contribution in [0.5, 0.6) is 0 Å². The Morgan fingerprint density at radius 3 is 2.90 bits per heavy atom. The molecule has 0 bridgehead atoms. The molecule has 3 nitrogen and oxygen atoms in total. The molecule has 104 valence electrons. The number of H-pyrrole nitrogens is 1. The van der Waals surface area contributed by atoms with Crippen LogP contribution in [0.1, 0.15) is 12.1 Å². The number of nitrogens with one attached hydrogen (secondary N) is 1. The third-order valence-electron chi connectivity index (χ3n) is 3.82. The maximum Gasteiger partial charge on any atom is 0.150 e. The van der Waals surface area contributed by atoms with Gasteiger partial charge in [-0.25, -0.2) is 4.39 Å². The number of aromatic amines is 1. The Bertz CT molecular complexity index is 653. The fourth-order valence-corrected chi connectivity index (χ4v) is 2.63. The van der Waals surface area contributed by atoms with Crippen molar-refractivity contribution < 1.29 is 4.39 Å². The van der Waals surface area contributed by atoms with Gasteiger partial charge in [-0.3, -0.25) is 0 Å². The van der Waals surface area contributed by atoms with E-state index in [1.54, 1.807) is 12.2 Å². The second-order valence-electron chi connectivity index (χ2n) is 5.34. The van der Waals surface area contributed by atoms with E-state index in [2.05, 4.69) is 11.1 Å². The van der Waals surface area contributed by atoms with Gasteiger partial charge in [0.2, 0.25) is 0 Å². The summed E-state index contributed by atoms with van der Waals surface area (Å²) in [5.74, 6) is 0. The summed E-state index contributed by atoms with van der Waals surface area (Å²) in [7, 11) is 0. The normalized spacial score (nSPS) is 25.9. The van der Waals surface area contributed by atoms with Gasteiger partial charge in [0.05, 0.1) is 6.04 Å². The van der Waals surface area contributed by atoms with Crippen molar-refractivity contribution in [2.24, 2.45) is 11.5 Å². The fourth-order valence-electron chi connectivity index (χ4n) is 2.63. The lowest BCUT2D eigenvalue weighted by Gasteiger charge is -2.29. The number of nitrogens with two attached hydrogens (primary N) is 2. The van der Waals surface area contributed by atoms with Gasteiger partial charge in [0, 0.05) is 16.9 Å². The van der Waals surface area contributed by atoms with Gasteiger partial charge in [-0.05, 0) is 42.5 Å². The number of aromatic nitrogens is 1. The topological polar surface area (TPSA) is 67.8 Å². The third-order valence-corrected chi connectivity index (χ3v) is 3.82. The number of fused-ring (bicyclic) bond motifs is 1. The minimum absolute atomic E-state index is 0.312. The molecule has 2 atom stereocenters. The Kier molecular flexibility index (Phi) is 3.10. The quantitative estimate of drug-likeness (QED) is 0.803. The van der Waals surface area contributed by atoms with E-state index in [-0.39, 0.29) is 0 Å².